The smallest absolute Gasteiger partial charge is 0.207 e. The molecule has 0 unspecified atom stereocenters. The molecule has 7 heteroatoms. The predicted molar refractivity (Wildman–Crippen MR) is 78.8 cm³/mol. The molecular weight excluding hydrogens is 358 g/mol. The summed E-state index contributed by atoms with van der Waals surface area (Å²) in [6, 6.07) is 1.55. The lowest BCUT2D eigenvalue weighted by molar-refractivity contribution is 0.332. The highest BCUT2D eigenvalue weighted by Crippen LogP contribution is 2.35. The van der Waals surface area contributed by atoms with Crippen LogP contribution in [0.4, 0.5) is 0 Å². The summed E-state index contributed by atoms with van der Waals surface area (Å²) in [7, 11) is -3.42. The average Bonchev–Trinajstić information content (AvgIpc) is 2.63. The fraction of sp³-hybridized carbons (Fsp3) is 0.636. The molecule has 1 saturated carbocycles. The third-order valence-electron chi connectivity index (χ3n) is 3.23. The molecule has 18 heavy (non-hydrogen) atoms. The van der Waals surface area contributed by atoms with E-state index in [1.54, 1.807) is 0 Å². The van der Waals surface area contributed by atoms with E-state index in [0.717, 1.165) is 37.0 Å². The maximum Gasteiger partial charge on any atom is 0.250 e. The van der Waals surface area contributed by atoms with E-state index in [1.807, 2.05) is 0 Å². The quantitative estimate of drug-likeness (QED) is 0.871. The molecule has 0 aromatic carbocycles. The topological polar surface area (TPSA) is 46.2 Å². The summed E-state index contributed by atoms with van der Waals surface area (Å²) < 4.78 is 28.0. The van der Waals surface area contributed by atoms with Crippen LogP contribution in [0.25, 0.3) is 0 Å². The lowest BCUT2D eigenvalue weighted by atomic mass is 9.88. The van der Waals surface area contributed by atoms with Crippen LogP contribution in [0.2, 0.25) is 5.02 Å². The van der Waals surface area contributed by atoms with Crippen molar-refractivity contribution < 1.29 is 8.42 Å². The highest BCUT2D eigenvalue weighted by Gasteiger charge is 2.25. The number of thiophene rings is 1. The molecule has 1 aromatic heterocycles. The summed E-state index contributed by atoms with van der Waals surface area (Å²) in [5, 5.41) is 0.442. The Morgan fingerprint density at radius 3 is 2.50 bits per heavy atom. The van der Waals surface area contributed by atoms with Crippen molar-refractivity contribution in [3.8, 4) is 0 Å². The van der Waals surface area contributed by atoms with Crippen molar-refractivity contribution in [3.63, 3.8) is 0 Å². The van der Waals surface area contributed by atoms with E-state index < -0.39 is 10.0 Å². The van der Waals surface area contributed by atoms with Crippen LogP contribution < -0.4 is 4.72 Å². The predicted octanol–water partition coefficient (Wildman–Crippen LogP) is 4.02. The van der Waals surface area contributed by atoms with Crippen molar-refractivity contribution in [2.75, 3.05) is 0 Å². The Morgan fingerprint density at radius 1 is 1.39 bits per heavy atom. The Morgan fingerprint density at radius 2 is 2.00 bits per heavy atom. The maximum atomic E-state index is 12.2. The summed E-state index contributed by atoms with van der Waals surface area (Å²) in [5.41, 5.74) is 0. The van der Waals surface area contributed by atoms with E-state index in [0.29, 0.717) is 14.7 Å². The van der Waals surface area contributed by atoms with Crippen molar-refractivity contribution in [2.45, 2.75) is 42.9 Å². The summed E-state index contributed by atoms with van der Waals surface area (Å²) in [5.74, 6) is 0.705. The summed E-state index contributed by atoms with van der Waals surface area (Å²) in [6.07, 6.45) is 4.01. The average molecular weight is 373 g/mol. The molecule has 0 saturated heterocycles. The third-order valence-corrected chi connectivity index (χ3v) is 7.69. The number of rotatable bonds is 3. The first-order valence-corrected chi connectivity index (χ1v) is 9.32. The highest BCUT2D eigenvalue weighted by atomic mass is 79.9. The first-order valence-electron chi connectivity index (χ1n) is 5.85. The molecule has 0 radical (unpaired) electrons. The van der Waals surface area contributed by atoms with Crippen LogP contribution in [-0.4, -0.2) is 14.5 Å². The SMILES string of the molecule is CC1CCC(NS(=O)(=O)c2cc(Cl)c(Br)s2)CC1. The highest BCUT2D eigenvalue weighted by molar-refractivity contribution is 9.11. The van der Waals surface area contributed by atoms with Crippen LogP contribution in [0.15, 0.2) is 14.1 Å². The zero-order valence-corrected chi connectivity index (χ0v) is 13.9. The number of halogens is 2. The normalized spacial score (nSPS) is 25.3. The third kappa shape index (κ3) is 3.48. The number of hydrogen-bond acceptors (Lipinski definition) is 3. The van der Waals surface area contributed by atoms with Gasteiger partial charge < -0.3 is 0 Å². The van der Waals surface area contributed by atoms with Crippen molar-refractivity contribution in [3.05, 3.63) is 14.9 Å². The molecule has 0 atom stereocenters. The summed E-state index contributed by atoms with van der Waals surface area (Å²) >= 11 is 10.2. The molecule has 1 aromatic rings. The molecule has 0 amide bonds. The van der Waals surface area contributed by atoms with Crippen LogP contribution >= 0.6 is 38.9 Å². The molecule has 1 aliphatic rings. The van der Waals surface area contributed by atoms with Gasteiger partial charge in [0.15, 0.2) is 0 Å². The van der Waals surface area contributed by atoms with Gasteiger partial charge in [0, 0.05) is 6.04 Å². The van der Waals surface area contributed by atoms with Gasteiger partial charge in [-0.25, -0.2) is 13.1 Å². The molecule has 0 spiro atoms. The van der Waals surface area contributed by atoms with Crippen molar-refractivity contribution >= 4 is 48.9 Å². The Kier molecular flexibility index (Phi) is 4.75. The van der Waals surface area contributed by atoms with Crippen LogP contribution in [0.3, 0.4) is 0 Å². The Bertz CT molecular complexity index is 502. The fourth-order valence-electron chi connectivity index (χ4n) is 2.11. The van der Waals surface area contributed by atoms with E-state index in [1.165, 1.54) is 6.07 Å². The van der Waals surface area contributed by atoms with Crippen LogP contribution in [0.5, 0.6) is 0 Å². The van der Waals surface area contributed by atoms with Gasteiger partial charge in [-0.3, -0.25) is 0 Å². The molecule has 2 rings (SSSR count). The Labute approximate surface area is 125 Å². The molecule has 1 N–H and O–H groups in total. The Balaban J connectivity index is 2.08. The summed E-state index contributed by atoms with van der Waals surface area (Å²) in [4.78, 5) is 0. The van der Waals surface area contributed by atoms with Gasteiger partial charge in [0.2, 0.25) is 10.0 Å². The van der Waals surface area contributed by atoms with Crippen LogP contribution in [0.1, 0.15) is 32.6 Å². The molecule has 3 nitrogen and oxygen atoms in total. The second-order valence-electron chi connectivity index (χ2n) is 4.77. The lowest BCUT2D eigenvalue weighted by Gasteiger charge is -2.26. The fourth-order valence-corrected chi connectivity index (χ4v) is 5.83. The number of nitrogens with one attached hydrogen (secondary N) is 1. The zero-order chi connectivity index (χ0) is 13.3. The van der Waals surface area contributed by atoms with Gasteiger partial charge >= 0.3 is 0 Å². The molecule has 1 heterocycles. The number of sulfonamides is 1. The van der Waals surface area contributed by atoms with Gasteiger partial charge in [-0.05, 0) is 53.6 Å². The van der Waals surface area contributed by atoms with Crippen molar-refractivity contribution in [2.24, 2.45) is 5.92 Å². The second-order valence-corrected chi connectivity index (χ2v) is 9.48. The molecule has 0 aliphatic heterocycles. The van der Waals surface area contributed by atoms with Gasteiger partial charge in [-0.15, -0.1) is 11.3 Å². The maximum absolute atomic E-state index is 12.2. The van der Waals surface area contributed by atoms with Gasteiger partial charge in [-0.1, -0.05) is 18.5 Å². The monoisotopic (exact) mass is 371 g/mol. The lowest BCUT2D eigenvalue weighted by Crippen LogP contribution is -2.36. The van der Waals surface area contributed by atoms with Gasteiger partial charge in [0.1, 0.15) is 4.21 Å². The van der Waals surface area contributed by atoms with Gasteiger partial charge in [-0.2, -0.15) is 0 Å². The molecule has 102 valence electrons. The van der Waals surface area contributed by atoms with Crippen molar-refractivity contribution in [1.29, 1.82) is 0 Å². The van der Waals surface area contributed by atoms with E-state index in [4.69, 9.17) is 11.6 Å². The standard InChI is InChI=1S/C11H15BrClNO2S2/c1-7-2-4-8(5-3-7)14-18(15,16)10-6-9(13)11(12)17-10/h6-8,14H,2-5H2,1H3. The van der Waals surface area contributed by atoms with E-state index >= 15 is 0 Å². The molecular formula is C11H15BrClNO2S2. The second kappa shape index (κ2) is 5.79. The van der Waals surface area contributed by atoms with E-state index in [2.05, 4.69) is 27.6 Å². The first kappa shape index (κ1) is 14.8. The number of hydrogen-bond donors (Lipinski definition) is 1. The Hall–Kier alpha value is 0.380. The molecule has 1 fully saturated rings. The minimum absolute atomic E-state index is 0.0610. The van der Waals surface area contributed by atoms with E-state index in [9.17, 15) is 8.42 Å². The van der Waals surface area contributed by atoms with E-state index in [-0.39, 0.29) is 10.3 Å². The van der Waals surface area contributed by atoms with Gasteiger partial charge in [0.25, 0.3) is 0 Å². The zero-order valence-electron chi connectivity index (χ0n) is 9.95. The molecule has 0 bridgehead atoms. The minimum Gasteiger partial charge on any atom is -0.207 e. The van der Waals surface area contributed by atoms with Gasteiger partial charge in [0.05, 0.1) is 8.81 Å². The minimum atomic E-state index is -3.42. The first-order chi connectivity index (χ1) is 8.38. The van der Waals surface area contributed by atoms with Crippen LogP contribution in [0, 0.1) is 5.92 Å². The molecule has 1 aliphatic carbocycles. The summed E-state index contributed by atoms with van der Waals surface area (Å²) in [6.45, 7) is 2.21. The van der Waals surface area contributed by atoms with Crippen LogP contribution in [-0.2, 0) is 10.0 Å². The largest absolute Gasteiger partial charge is 0.250 e. The van der Waals surface area contributed by atoms with Crippen molar-refractivity contribution in [1.82, 2.24) is 4.72 Å².